The van der Waals surface area contributed by atoms with Gasteiger partial charge in [-0.15, -0.1) is 0 Å². The summed E-state index contributed by atoms with van der Waals surface area (Å²) in [5, 5.41) is 16.0. The second-order valence-electron chi connectivity index (χ2n) is 7.46. The molecule has 4 aromatic rings. The van der Waals surface area contributed by atoms with Gasteiger partial charge in [-0.25, -0.2) is 9.97 Å². The Morgan fingerprint density at radius 1 is 1.21 bits per heavy atom. The predicted molar refractivity (Wildman–Crippen MR) is 102 cm³/mol. The zero-order valence-electron chi connectivity index (χ0n) is 15.0. The van der Waals surface area contributed by atoms with Crippen LogP contribution in [-0.4, -0.2) is 29.8 Å². The van der Waals surface area contributed by atoms with Crippen molar-refractivity contribution in [1.29, 1.82) is 0 Å². The van der Waals surface area contributed by atoms with Gasteiger partial charge in [0.1, 0.15) is 23.6 Å². The van der Waals surface area contributed by atoms with Gasteiger partial charge in [-0.2, -0.15) is 0 Å². The van der Waals surface area contributed by atoms with Gasteiger partial charge >= 0.3 is 0 Å². The highest BCUT2D eigenvalue weighted by Crippen LogP contribution is 2.50. The smallest absolute Gasteiger partial charge is 0.151 e. The van der Waals surface area contributed by atoms with Crippen molar-refractivity contribution in [3.63, 3.8) is 0 Å². The molecule has 28 heavy (non-hydrogen) atoms. The van der Waals surface area contributed by atoms with Crippen LogP contribution in [0.15, 0.2) is 35.4 Å². The van der Waals surface area contributed by atoms with Crippen LogP contribution >= 0.6 is 0 Å². The van der Waals surface area contributed by atoms with Gasteiger partial charge in [0, 0.05) is 23.4 Å². The standard InChI is InChI=1S/C20H18N6O2/c21-19-16-14-12(26(20(16)24-9-23-19)11-2-1-7-22-8-11)5-6-13(27)15-17(14)25-28-18(15)10-3-4-10/h1-2,7-10,13,27H,3-6H2,(H2,21,23,24). The predicted octanol–water partition coefficient (Wildman–Crippen LogP) is 2.91. The lowest BCUT2D eigenvalue weighted by Crippen LogP contribution is -2.04. The Labute approximate surface area is 160 Å². The minimum Gasteiger partial charge on any atom is -0.388 e. The summed E-state index contributed by atoms with van der Waals surface area (Å²) >= 11 is 0. The van der Waals surface area contributed by atoms with Crippen LogP contribution in [-0.2, 0) is 6.42 Å². The first-order valence-corrected chi connectivity index (χ1v) is 9.46. The molecule has 4 heterocycles. The Kier molecular flexibility index (Phi) is 3.16. The minimum atomic E-state index is -0.618. The highest BCUT2D eigenvalue weighted by molar-refractivity contribution is 6.03. The first-order chi connectivity index (χ1) is 13.7. The number of rotatable bonds is 2. The maximum absolute atomic E-state index is 10.9. The maximum Gasteiger partial charge on any atom is 0.151 e. The van der Waals surface area contributed by atoms with Crippen LogP contribution in [0.1, 0.15) is 48.3 Å². The van der Waals surface area contributed by atoms with Crippen LogP contribution in [0.25, 0.3) is 28.0 Å². The largest absolute Gasteiger partial charge is 0.388 e. The van der Waals surface area contributed by atoms with E-state index >= 15 is 0 Å². The number of anilines is 1. The van der Waals surface area contributed by atoms with Crippen molar-refractivity contribution in [2.24, 2.45) is 0 Å². The molecule has 1 unspecified atom stereocenters. The summed E-state index contributed by atoms with van der Waals surface area (Å²) in [5.41, 5.74) is 11.2. The van der Waals surface area contributed by atoms with Gasteiger partial charge in [-0.05, 0) is 37.8 Å². The van der Waals surface area contributed by atoms with E-state index in [9.17, 15) is 5.11 Å². The number of aliphatic hydroxyl groups excluding tert-OH is 1. The van der Waals surface area contributed by atoms with Crippen molar-refractivity contribution in [2.75, 3.05) is 5.73 Å². The lowest BCUT2D eigenvalue weighted by molar-refractivity contribution is 0.166. The molecule has 1 atom stereocenters. The van der Waals surface area contributed by atoms with Gasteiger partial charge in [0.2, 0.25) is 0 Å². The van der Waals surface area contributed by atoms with E-state index in [0.29, 0.717) is 35.9 Å². The molecule has 2 aliphatic rings. The molecule has 0 aliphatic heterocycles. The lowest BCUT2D eigenvalue weighted by Gasteiger charge is -2.11. The summed E-state index contributed by atoms with van der Waals surface area (Å²) < 4.78 is 7.76. The van der Waals surface area contributed by atoms with E-state index in [-0.39, 0.29) is 0 Å². The molecule has 140 valence electrons. The molecule has 0 aromatic carbocycles. The summed E-state index contributed by atoms with van der Waals surface area (Å²) in [4.78, 5) is 13.0. The molecule has 8 nitrogen and oxygen atoms in total. The zero-order valence-corrected chi connectivity index (χ0v) is 15.0. The molecular formula is C20H18N6O2. The third-order valence-corrected chi connectivity index (χ3v) is 5.71. The monoisotopic (exact) mass is 374 g/mol. The van der Waals surface area contributed by atoms with E-state index in [2.05, 4.69) is 20.1 Å². The van der Waals surface area contributed by atoms with Crippen LogP contribution in [0.4, 0.5) is 5.82 Å². The third kappa shape index (κ3) is 2.09. The topological polar surface area (TPSA) is 116 Å². The average Bonchev–Trinajstić information content (AvgIpc) is 3.40. The average molecular weight is 374 g/mol. The molecule has 0 saturated heterocycles. The highest BCUT2D eigenvalue weighted by Gasteiger charge is 2.39. The Morgan fingerprint density at radius 2 is 2.11 bits per heavy atom. The van der Waals surface area contributed by atoms with Crippen LogP contribution in [0.5, 0.6) is 0 Å². The van der Waals surface area contributed by atoms with E-state index in [1.165, 1.54) is 6.33 Å². The van der Waals surface area contributed by atoms with Crippen molar-refractivity contribution in [1.82, 2.24) is 24.7 Å². The van der Waals surface area contributed by atoms with Gasteiger partial charge in [-0.3, -0.25) is 9.55 Å². The summed E-state index contributed by atoms with van der Waals surface area (Å²) in [6, 6.07) is 3.86. The van der Waals surface area contributed by atoms with Gasteiger partial charge in [0.05, 0.1) is 28.9 Å². The number of nitrogens with two attached hydrogens (primary N) is 1. The number of nitrogens with zero attached hydrogens (tertiary/aromatic N) is 5. The number of hydrogen-bond acceptors (Lipinski definition) is 7. The molecule has 4 aromatic heterocycles. The van der Waals surface area contributed by atoms with Crippen LogP contribution in [0.2, 0.25) is 0 Å². The third-order valence-electron chi connectivity index (χ3n) is 5.71. The molecule has 6 rings (SSSR count). The Balaban J connectivity index is 1.74. The Morgan fingerprint density at radius 3 is 2.89 bits per heavy atom. The van der Waals surface area contributed by atoms with Crippen molar-refractivity contribution in [3.05, 3.63) is 47.9 Å². The fraction of sp³-hybridized carbons (Fsp3) is 0.300. The van der Waals surface area contributed by atoms with Gasteiger partial charge in [-0.1, -0.05) is 5.16 Å². The highest BCUT2D eigenvalue weighted by atomic mass is 16.5. The Hall–Kier alpha value is -3.26. The molecule has 1 saturated carbocycles. The second-order valence-corrected chi connectivity index (χ2v) is 7.46. The fourth-order valence-corrected chi connectivity index (χ4v) is 4.31. The van der Waals surface area contributed by atoms with E-state index in [1.807, 2.05) is 16.7 Å². The Bertz CT molecular complexity index is 1210. The normalized spacial score (nSPS) is 18.7. The minimum absolute atomic E-state index is 0.354. The van der Waals surface area contributed by atoms with E-state index in [4.69, 9.17) is 10.3 Å². The first-order valence-electron chi connectivity index (χ1n) is 9.46. The molecule has 3 N–H and O–H groups in total. The summed E-state index contributed by atoms with van der Waals surface area (Å²) in [6.45, 7) is 0. The molecule has 0 spiro atoms. The second kappa shape index (κ2) is 5.62. The molecule has 0 amide bonds. The van der Waals surface area contributed by atoms with Crippen LogP contribution < -0.4 is 5.73 Å². The molecule has 0 radical (unpaired) electrons. The van der Waals surface area contributed by atoms with Crippen LogP contribution in [0, 0.1) is 0 Å². The molecule has 0 bridgehead atoms. The molecule has 8 heteroatoms. The molecule has 2 aliphatic carbocycles. The molecular weight excluding hydrogens is 356 g/mol. The first kappa shape index (κ1) is 15.8. The maximum atomic E-state index is 10.9. The number of aliphatic hydroxyl groups is 1. The zero-order chi connectivity index (χ0) is 18.8. The fourth-order valence-electron chi connectivity index (χ4n) is 4.31. The SMILES string of the molecule is Nc1ncnc2c1c1c(n2-c2cccnc2)CCC(O)c2c-1noc2C1CC1. The van der Waals surface area contributed by atoms with Crippen LogP contribution in [0.3, 0.4) is 0 Å². The lowest BCUT2D eigenvalue weighted by atomic mass is 10.0. The van der Waals surface area contributed by atoms with Gasteiger partial charge in [0.25, 0.3) is 0 Å². The quantitative estimate of drug-likeness (QED) is 0.554. The summed E-state index contributed by atoms with van der Waals surface area (Å²) in [6.07, 6.45) is 7.75. The molecule has 1 fully saturated rings. The van der Waals surface area contributed by atoms with E-state index in [0.717, 1.165) is 46.5 Å². The van der Waals surface area contributed by atoms with Crippen molar-refractivity contribution in [2.45, 2.75) is 37.7 Å². The van der Waals surface area contributed by atoms with Gasteiger partial charge in [0.15, 0.2) is 5.65 Å². The number of nitrogen functional groups attached to an aromatic ring is 1. The van der Waals surface area contributed by atoms with Gasteiger partial charge < -0.3 is 15.4 Å². The number of hydrogen-bond donors (Lipinski definition) is 2. The van der Waals surface area contributed by atoms with Crippen molar-refractivity contribution in [3.8, 4) is 16.9 Å². The van der Waals surface area contributed by atoms with Crippen molar-refractivity contribution >= 4 is 16.9 Å². The summed E-state index contributed by atoms with van der Waals surface area (Å²) in [7, 11) is 0. The van der Waals surface area contributed by atoms with E-state index in [1.54, 1.807) is 12.4 Å². The van der Waals surface area contributed by atoms with E-state index < -0.39 is 6.10 Å². The number of pyridine rings is 1. The number of aromatic nitrogens is 5. The number of fused-ring (bicyclic) bond motifs is 5. The van der Waals surface area contributed by atoms with Crippen molar-refractivity contribution < 1.29 is 9.63 Å². The summed E-state index contributed by atoms with van der Waals surface area (Å²) in [5.74, 6) is 1.56.